The van der Waals surface area contributed by atoms with Crippen LogP contribution in [0.3, 0.4) is 0 Å². The number of rotatable bonds is 19. The lowest BCUT2D eigenvalue weighted by molar-refractivity contribution is -0.182. The number of ether oxygens (including phenoxy) is 6. The molecule has 1 fully saturated rings. The molecule has 1 saturated heterocycles. The smallest absolute Gasteiger partial charge is 0.408 e. The molecular formula is C60H63N7O9. The summed E-state index contributed by atoms with van der Waals surface area (Å²) in [6.07, 6.45) is -1.79. The van der Waals surface area contributed by atoms with Crippen molar-refractivity contribution in [2.75, 3.05) is 26.1 Å². The van der Waals surface area contributed by atoms with Gasteiger partial charge in [0.25, 0.3) is 0 Å². The van der Waals surface area contributed by atoms with E-state index in [4.69, 9.17) is 28.4 Å². The number of anilines is 1. The van der Waals surface area contributed by atoms with E-state index in [9.17, 15) is 19.9 Å². The number of nitrogens with zero attached hydrogens (tertiary/aromatic N) is 5. The van der Waals surface area contributed by atoms with E-state index in [2.05, 4.69) is 25.6 Å². The van der Waals surface area contributed by atoms with Gasteiger partial charge in [0.05, 0.1) is 14.2 Å². The highest BCUT2D eigenvalue weighted by Gasteiger charge is 2.59. The lowest BCUT2D eigenvalue weighted by Crippen LogP contribution is -2.52. The summed E-state index contributed by atoms with van der Waals surface area (Å²) in [4.78, 5) is 50.2. The number of alkyl carbamates (subject to hydrolysis) is 1. The molecule has 16 heteroatoms. The summed E-state index contributed by atoms with van der Waals surface area (Å²) in [7, 11) is 3.19. The fourth-order valence-corrected chi connectivity index (χ4v) is 9.82. The Kier molecular flexibility index (Phi) is 16.3. The first kappa shape index (κ1) is 53.8. The fourth-order valence-electron chi connectivity index (χ4n) is 9.82. The number of azide groups is 1. The van der Waals surface area contributed by atoms with E-state index in [1.165, 1.54) is 4.57 Å². The molecule has 2 heterocycles. The Hall–Kier alpha value is -8.43. The molecule has 392 valence electrons. The molecule has 1 aliphatic heterocycles. The molecule has 0 radical (unpaired) electrons. The molecular weight excluding hydrogens is 963 g/mol. The minimum Gasteiger partial charge on any atom is -0.497 e. The van der Waals surface area contributed by atoms with E-state index in [0.717, 1.165) is 16.7 Å². The van der Waals surface area contributed by atoms with Crippen molar-refractivity contribution in [1.29, 1.82) is 0 Å². The van der Waals surface area contributed by atoms with Crippen LogP contribution >= 0.6 is 0 Å². The van der Waals surface area contributed by atoms with Gasteiger partial charge in [0.1, 0.15) is 59.0 Å². The number of benzene rings is 6. The Morgan fingerprint density at radius 3 is 1.63 bits per heavy atom. The molecule has 0 saturated carbocycles. The maximum atomic E-state index is 14.9. The molecule has 0 spiro atoms. The molecule has 1 aromatic heterocycles. The fraction of sp³-hybridized carbons (Fsp3) is 0.300. The van der Waals surface area contributed by atoms with Gasteiger partial charge in [-0.2, -0.15) is 4.98 Å². The highest BCUT2D eigenvalue weighted by Crippen LogP contribution is 2.51. The molecule has 0 aliphatic carbocycles. The third kappa shape index (κ3) is 11.2. The van der Waals surface area contributed by atoms with Crippen LogP contribution in [0.15, 0.2) is 192 Å². The van der Waals surface area contributed by atoms with Gasteiger partial charge in [-0.05, 0) is 95.9 Å². The minimum absolute atomic E-state index is 0.238. The highest BCUT2D eigenvalue weighted by atomic mass is 16.6. The number of hydrogen-bond acceptors (Lipinski definition) is 12. The van der Waals surface area contributed by atoms with Crippen molar-refractivity contribution in [2.45, 2.75) is 82.4 Å². The maximum absolute atomic E-state index is 14.9. The minimum atomic E-state index is -2.16. The van der Waals surface area contributed by atoms with Gasteiger partial charge in [-0.1, -0.05) is 171 Å². The van der Waals surface area contributed by atoms with Gasteiger partial charge in [0.2, 0.25) is 5.72 Å². The molecule has 76 heavy (non-hydrogen) atoms. The Bertz CT molecular complexity index is 3090. The van der Waals surface area contributed by atoms with Crippen molar-refractivity contribution >= 4 is 17.9 Å². The van der Waals surface area contributed by atoms with E-state index >= 15 is 0 Å². The molecule has 1 aliphatic rings. The van der Waals surface area contributed by atoms with E-state index < -0.39 is 77.0 Å². The summed E-state index contributed by atoms with van der Waals surface area (Å²) in [6.45, 7) is 9.71. The predicted octanol–water partition coefficient (Wildman–Crippen LogP) is 11.3. The van der Waals surface area contributed by atoms with Crippen molar-refractivity contribution in [2.24, 2.45) is 17.0 Å². The SMILES string of the molecule is COc1ccc(C(Nc2ccn([C@@H]3O[C@@](COC(=O)[C@@H](NC(=O)OC(C)(C)C)C(C)C)(N=[N+]=[N-])[C@@H](OC(c4ccccc4)(c4ccccc4)c4ccc(OC)cc4)[C@@H]3C)c(=O)n2)(c2ccccc2)c2ccccc2)cc1. The maximum Gasteiger partial charge on any atom is 0.408 e. The van der Waals surface area contributed by atoms with Gasteiger partial charge < -0.3 is 39.1 Å². The van der Waals surface area contributed by atoms with Crippen LogP contribution in [0.5, 0.6) is 11.5 Å². The van der Waals surface area contributed by atoms with Crippen LogP contribution in [0.1, 0.15) is 81.2 Å². The third-order valence-corrected chi connectivity index (χ3v) is 13.4. The summed E-state index contributed by atoms with van der Waals surface area (Å²) >= 11 is 0. The normalized spacial score (nSPS) is 17.9. The number of methoxy groups -OCH3 is 2. The topological polar surface area (TPSA) is 197 Å². The Morgan fingerprint density at radius 2 is 1.18 bits per heavy atom. The first-order valence-electron chi connectivity index (χ1n) is 25.0. The van der Waals surface area contributed by atoms with E-state index in [0.29, 0.717) is 28.2 Å². The summed E-state index contributed by atoms with van der Waals surface area (Å²) in [6, 6.07) is 54.4. The second-order valence-electron chi connectivity index (χ2n) is 19.9. The third-order valence-electron chi connectivity index (χ3n) is 13.4. The Balaban J connectivity index is 1.26. The lowest BCUT2D eigenvalue weighted by atomic mass is 9.77. The molecule has 1 amide bonds. The predicted molar refractivity (Wildman–Crippen MR) is 289 cm³/mol. The standard InChI is InChI=1S/C60H63N7O9/c1-40(2)51(63-56(70)76-57(4,5)6)54(68)73-39-58(65-66-61)52(74-60(45-25-17-11-18-26-45,46-27-19-12-20-28-46)47-31-35-49(72-8)36-32-47)41(3)53(75-58)67-38-37-50(62-55(67)69)64-59(42-21-13-9-14-22-42,43-23-15-10-16-24-43)44-29-33-48(71-7)34-30-44/h9-38,40-41,51-53H,39H2,1-8H3,(H,63,70)(H,62,64,69)/t41-,51-,52-,53+,58+/m0/s1. The van der Waals surface area contributed by atoms with Gasteiger partial charge in [0.15, 0.2) is 0 Å². The van der Waals surface area contributed by atoms with Gasteiger partial charge in [0, 0.05) is 17.0 Å². The average molecular weight is 1030 g/mol. The van der Waals surface area contributed by atoms with Crippen molar-refractivity contribution in [3.05, 3.63) is 236 Å². The zero-order valence-corrected chi connectivity index (χ0v) is 43.8. The molecule has 7 aromatic rings. The summed E-state index contributed by atoms with van der Waals surface area (Å²) in [5.41, 5.74) is 8.94. The van der Waals surface area contributed by atoms with Crippen LogP contribution in [0.2, 0.25) is 0 Å². The zero-order valence-electron chi connectivity index (χ0n) is 43.8. The Labute approximate surface area is 442 Å². The van der Waals surface area contributed by atoms with Crippen LogP contribution in [-0.2, 0) is 34.9 Å². The van der Waals surface area contributed by atoms with Crippen molar-refractivity contribution in [3.8, 4) is 11.5 Å². The van der Waals surface area contributed by atoms with Crippen LogP contribution in [0.4, 0.5) is 10.6 Å². The van der Waals surface area contributed by atoms with Gasteiger partial charge in [-0.25, -0.2) is 14.4 Å². The Morgan fingerprint density at radius 1 is 0.724 bits per heavy atom. The molecule has 2 N–H and O–H groups in total. The summed E-state index contributed by atoms with van der Waals surface area (Å²) in [5.74, 6) is -0.662. The number of aromatic nitrogens is 2. The number of carbonyl (C=O) groups excluding carboxylic acids is 2. The van der Waals surface area contributed by atoms with Gasteiger partial charge >= 0.3 is 17.8 Å². The first-order valence-corrected chi connectivity index (χ1v) is 25.0. The molecule has 0 bridgehead atoms. The number of hydrogen-bond donors (Lipinski definition) is 2. The van der Waals surface area contributed by atoms with Crippen LogP contribution in [0, 0.1) is 11.8 Å². The molecule has 6 aromatic carbocycles. The molecule has 0 unspecified atom stereocenters. The van der Waals surface area contributed by atoms with Crippen LogP contribution < -0.4 is 25.8 Å². The van der Waals surface area contributed by atoms with Crippen LogP contribution in [-0.4, -0.2) is 65.9 Å². The number of amides is 1. The highest BCUT2D eigenvalue weighted by molar-refractivity contribution is 5.81. The second kappa shape index (κ2) is 23.0. The van der Waals surface area contributed by atoms with Gasteiger partial charge in [-0.15, -0.1) is 0 Å². The average Bonchev–Trinajstić information content (AvgIpc) is 3.74. The second-order valence-corrected chi connectivity index (χ2v) is 19.9. The largest absolute Gasteiger partial charge is 0.497 e. The first-order chi connectivity index (χ1) is 36.6. The zero-order chi connectivity index (χ0) is 54.1. The van der Waals surface area contributed by atoms with Crippen molar-refractivity contribution in [3.63, 3.8) is 0 Å². The van der Waals surface area contributed by atoms with E-state index in [-0.39, 0.29) is 5.82 Å². The van der Waals surface area contributed by atoms with Crippen molar-refractivity contribution < 1.29 is 38.0 Å². The number of esters is 1. The quantitative estimate of drug-likeness (QED) is 0.0257. The summed E-state index contributed by atoms with van der Waals surface area (Å²) in [5, 5.41) is 10.6. The van der Waals surface area contributed by atoms with E-state index in [1.54, 1.807) is 68.0 Å². The van der Waals surface area contributed by atoms with Gasteiger partial charge in [-0.3, -0.25) is 4.57 Å². The number of nitrogens with one attached hydrogen (secondary N) is 2. The monoisotopic (exact) mass is 1030 g/mol. The number of carbonyl (C=O) groups is 2. The van der Waals surface area contributed by atoms with Crippen LogP contribution in [0.25, 0.3) is 10.4 Å². The molecule has 8 rings (SSSR count). The summed E-state index contributed by atoms with van der Waals surface area (Å²) < 4.78 is 38.6. The van der Waals surface area contributed by atoms with Crippen molar-refractivity contribution in [1.82, 2.24) is 14.9 Å². The lowest BCUT2D eigenvalue weighted by Gasteiger charge is -2.42. The molecule has 5 atom stereocenters. The van der Waals surface area contributed by atoms with E-state index in [1.807, 2.05) is 170 Å². The molecule has 16 nitrogen and oxygen atoms in total.